The molecule has 1 N–H and O–H groups in total. The molecule has 7 heteroatoms. The molecule has 0 saturated heterocycles. The summed E-state index contributed by atoms with van der Waals surface area (Å²) in [6, 6.07) is 13.1. The summed E-state index contributed by atoms with van der Waals surface area (Å²) < 4.78 is 9.92. The second-order valence-corrected chi connectivity index (χ2v) is 7.18. The van der Waals surface area contributed by atoms with E-state index in [9.17, 15) is 9.59 Å². The molecule has 6 nitrogen and oxygen atoms in total. The van der Waals surface area contributed by atoms with E-state index in [2.05, 4.69) is 29.4 Å². The van der Waals surface area contributed by atoms with Crippen molar-refractivity contribution in [1.82, 2.24) is 4.98 Å². The predicted octanol–water partition coefficient (Wildman–Crippen LogP) is 4.35. The molecule has 0 aliphatic carbocycles. The van der Waals surface area contributed by atoms with Crippen molar-refractivity contribution >= 4 is 28.9 Å². The molecule has 1 heterocycles. The van der Waals surface area contributed by atoms with Gasteiger partial charge in [0.05, 0.1) is 37.6 Å². The van der Waals surface area contributed by atoms with E-state index < -0.39 is 5.97 Å². The molecule has 2 aromatic carbocycles. The summed E-state index contributed by atoms with van der Waals surface area (Å²) in [5.41, 5.74) is 3.58. The molecule has 0 aliphatic rings. The summed E-state index contributed by atoms with van der Waals surface area (Å²) in [4.78, 5) is 29.1. The average Bonchev–Trinajstić information content (AvgIpc) is 3.21. The Bertz CT molecular complexity index is 1010. The van der Waals surface area contributed by atoms with Crippen LogP contribution in [0.5, 0.6) is 5.75 Å². The van der Waals surface area contributed by atoms with Gasteiger partial charge in [-0.25, -0.2) is 9.78 Å². The third-order valence-electron chi connectivity index (χ3n) is 4.41. The number of aromatic nitrogens is 1. The standard InChI is InChI=1S/C22H22N2O4S/c1-4-14-5-7-15(8-6-14)21-23-16(13-29-21)11-20(25)24-19-10-9-17(27-2)12-18(19)22(26)28-3/h5-10,12-13H,4,11H2,1-3H3,(H,24,25). The monoisotopic (exact) mass is 410 g/mol. The van der Waals surface area contributed by atoms with E-state index in [1.54, 1.807) is 12.1 Å². The summed E-state index contributed by atoms with van der Waals surface area (Å²) in [5.74, 6) is -0.314. The van der Waals surface area contributed by atoms with E-state index in [-0.39, 0.29) is 17.9 Å². The normalized spacial score (nSPS) is 10.4. The molecule has 29 heavy (non-hydrogen) atoms. The maximum atomic E-state index is 12.5. The van der Waals surface area contributed by atoms with Crippen molar-refractivity contribution in [3.63, 3.8) is 0 Å². The van der Waals surface area contributed by atoms with Gasteiger partial charge in [-0.15, -0.1) is 11.3 Å². The van der Waals surface area contributed by atoms with Gasteiger partial charge in [0.1, 0.15) is 10.8 Å². The number of carbonyl (C=O) groups excluding carboxylic acids is 2. The minimum atomic E-state index is -0.550. The Hall–Kier alpha value is -3.19. The first-order valence-corrected chi connectivity index (χ1v) is 10.0. The zero-order valence-corrected chi connectivity index (χ0v) is 17.3. The molecular formula is C22H22N2O4S. The lowest BCUT2D eigenvalue weighted by molar-refractivity contribution is -0.115. The number of aryl methyl sites for hydroxylation is 1. The summed E-state index contributed by atoms with van der Waals surface area (Å²) in [6.45, 7) is 2.11. The van der Waals surface area contributed by atoms with Crippen LogP contribution in [0.25, 0.3) is 10.6 Å². The molecule has 150 valence electrons. The summed E-state index contributed by atoms with van der Waals surface area (Å²) in [5, 5.41) is 5.50. The van der Waals surface area contributed by atoms with Crippen LogP contribution in [0.15, 0.2) is 47.8 Å². The molecule has 1 aromatic heterocycles. The fraction of sp³-hybridized carbons (Fsp3) is 0.227. The molecule has 0 unspecified atom stereocenters. The van der Waals surface area contributed by atoms with Gasteiger partial charge in [-0.1, -0.05) is 31.2 Å². The number of methoxy groups -OCH3 is 2. The molecule has 1 amide bonds. The number of thiazole rings is 1. The van der Waals surface area contributed by atoms with Gasteiger partial charge in [0.25, 0.3) is 0 Å². The minimum absolute atomic E-state index is 0.107. The highest BCUT2D eigenvalue weighted by Crippen LogP contribution is 2.26. The Labute approximate surface area is 173 Å². The zero-order chi connectivity index (χ0) is 20.8. The zero-order valence-electron chi connectivity index (χ0n) is 16.5. The molecule has 0 atom stereocenters. The van der Waals surface area contributed by atoms with E-state index in [1.165, 1.54) is 37.2 Å². The summed E-state index contributed by atoms with van der Waals surface area (Å²) in [6.07, 6.45) is 1.10. The molecule has 0 fully saturated rings. The van der Waals surface area contributed by atoms with Crippen molar-refractivity contribution in [1.29, 1.82) is 0 Å². The van der Waals surface area contributed by atoms with Crippen LogP contribution in [0.4, 0.5) is 5.69 Å². The van der Waals surface area contributed by atoms with Crippen LogP contribution in [0.1, 0.15) is 28.5 Å². The maximum absolute atomic E-state index is 12.5. The highest BCUT2D eigenvalue weighted by molar-refractivity contribution is 7.13. The quantitative estimate of drug-likeness (QED) is 0.586. The van der Waals surface area contributed by atoms with Crippen molar-refractivity contribution in [2.24, 2.45) is 0 Å². The van der Waals surface area contributed by atoms with E-state index in [0.717, 1.165) is 17.0 Å². The van der Waals surface area contributed by atoms with Gasteiger partial charge in [-0.2, -0.15) is 0 Å². The first-order valence-electron chi connectivity index (χ1n) is 9.14. The third-order valence-corrected chi connectivity index (χ3v) is 5.35. The molecule has 0 saturated carbocycles. The van der Waals surface area contributed by atoms with Crippen LogP contribution in [-0.4, -0.2) is 31.1 Å². The van der Waals surface area contributed by atoms with Crippen LogP contribution in [0, 0.1) is 0 Å². The number of carbonyl (C=O) groups is 2. The van der Waals surface area contributed by atoms with Crippen molar-refractivity contribution in [3.05, 3.63) is 64.7 Å². The minimum Gasteiger partial charge on any atom is -0.497 e. The Morgan fingerprint density at radius 2 is 1.86 bits per heavy atom. The molecule has 3 rings (SSSR count). The molecule has 0 radical (unpaired) electrons. The van der Waals surface area contributed by atoms with Gasteiger partial charge in [0.2, 0.25) is 5.91 Å². The number of hydrogen-bond acceptors (Lipinski definition) is 6. The second-order valence-electron chi connectivity index (χ2n) is 6.32. The first-order chi connectivity index (χ1) is 14.0. The Balaban J connectivity index is 1.71. The van der Waals surface area contributed by atoms with Crippen molar-refractivity contribution < 1.29 is 19.1 Å². The predicted molar refractivity (Wildman–Crippen MR) is 114 cm³/mol. The number of hydrogen-bond donors (Lipinski definition) is 1. The number of nitrogens with zero attached hydrogens (tertiary/aromatic N) is 1. The fourth-order valence-electron chi connectivity index (χ4n) is 2.80. The molecule has 3 aromatic rings. The Morgan fingerprint density at radius 3 is 2.52 bits per heavy atom. The average molecular weight is 410 g/mol. The van der Waals surface area contributed by atoms with Crippen LogP contribution >= 0.6 is 11.3 Å². The second kappa shape index (κ2) is 9.34. The van der Waals surface area contributed by atoms with E-state index in [1.807, 2.05) is 17.5 Å². The Kier molecular flexibility index (Phi) is 6.61. The first kappa shape index (κ1) is 20.5. The van der Waals surface area contributed by atoms with Gasteiger partial charge < -0.3 is 14.8 Å². The van der Waals surface area contributed by atoms with Gasteiger partial charge >= 0.3 is 5.97 Å². The largest absolute Gasteiger partial charge is 0.497 e. The number of amides is 1. The summed E-state index contributed by atoms with van der Waals surface area (Å²) >= 11 is 1.50. The lowest BCUT2D eigenvalue weighted by Gasteiger charge is -2.11. The van der Waals surface area contributed by atoms with Crippen LogP contribution in [-0.2, 0) is 22.4 Å². The van der Waals surface area contributed by atoms with Gasteiger partial charge in [0.15, 0.2) is 0 Å². The third kappa shape index (κ3) is 5.00. The number of rotatable bonds is 7. The lowest BCUT2D eigenvalue weighted by atomic mass is 10.1. The summed E-state index contributed by atoms with van der Waals surface area (Å²) in [7, 11) is 2.79. The topological polar surface area (TPSA) is 77.5 Å². The molecule has 0 aliphatic heterocycles. The molecular weight excluding hydrogens is 388 g/mol. The Morgan fingerprint density at radius 1 is 1.10 bits per heavy atom. The number of ether oxygens (including phenoxy) is 2. The number of anilines is 1. The van der Waals surface area contributed by atoms with E-state index >= 15 is 0 Å². The smallest absolute Gasteiger partial charge is 0.340 e. The highest BCUT2D eigenvalue weighted by atomic mass is 32.1. The van der Waals surface area contributed by atoms with Crippen LogP contribution in [0.3, 0.4) is 0 Å². The van der Waals surface area contributed by atoms with E-state index in [4.69, 9.17) is 9.47 Å². The van der Waals surface area contributed by atoms with Crippen LogP contribution in [0.2, 0.25) is 0 Å². The van der Waals surface area contributed by atoms with Crippen molar-refractivity contribution in [2.45, 2.75) is 19.8 Å². The number of nitrogens with one attached hydrogen (secondary N) is 1. The lowest BCUT2D eigenvalue weighted by Crippen LogP contribution is -2.17. The van der Waals surface area contributed by atoms with Gasteiger partial charge in [-0.05, 0) is 30.2 Å². The number of benzene rings is 2. The van der Waals surface area contributed by atoms with E-state index in [0.29, 0.717) is 17.1 Å². The fourth-order valence-corrected chi connectivity index (χ4v) is 3.63. The SMILES string of the molecule is CCc1ccc(-c2nc(CC(=O)Nc3ccc(OC)cc3C(=O)OC)cs2)cc1. The molecule has 0 bridgehead atoms. The van der Waals surface area contributed by atoms with Crippen molar-refractivity contribution in [2.75, 3.05) is 19.5 Å². The van der Waals surface area contributed by atoms with Gasteiger partial charge in [-0.3, -0.25) is 4.79 Å². The molecule has 0 spiro atoms. The van der Waals surface area contributed by atoms with Gasteiger partial charge in [0, 0.05) is 10.9 Å². The highest BCUT2D eigenvalue weighted by Gasteiger charge is 2.16. The number of esters is 1. The maximum Gasteiger partial charge on any atom is 0.340 e. The van der Waals surface area contributed by atoms with Crippen LogP contribution < -0.4 is 10.1 Å². The van der Waals surface area contributed by atoms with Crippen molar-refractivity contribution in [3.8, 4) is 16.3 Å².